The molecule has 0 aliphatic rings. The summed E-state index contributed by atoms with van der Waals surface area (Å²) in [5.41, 5.74) is 1.66. The van der Waals surface area contributed by atoms with Crippen molar-refractivity contribution in [3.05, 3.63) is 83.7 Å². The van der Waals surface area contributed by atoms with Crippen molar-refractivity contribution in [2.24, 2.45) is 0 Å². The van der Waals surface area contributed by atoms with E-state index in [1.54, 1.807) is 54.0 Å². The molecule has 0 radical (unpaired) electrons. The number of rotatable bonds is 14. The van der Waals surface area contributed by atoms with Crippen LogP contribution in [0.1, 0.15) is 33.5 Å². The molecular formula is C31H34N6O8S2. The highest BCUT2D eigenvalue weighted by atomic mass is 32.2. The molecule has 0 bridgehead atoms. The second-order valence-electron chi connectivity index (χ2n) is 9.90. The summed E-state index contributed by atoms with van der Waals surface area (Å²) in [6.07, 6.45) is 0. The maximum absolute atomic E-state index is 13.0. The van der Waals surface area contributed by atoms with E-state index in [0.717, 1.165) is 16.1 Å². The van der Waals surface area contributed by atoms with E-state index in [1.165, 1.54) is 52.6 Å². The first-order valence-electron chi connectivity index (χ1n) is 14.2. The molecule has 0 saturated heterocycles. The summed E-state index contributed by atoms with van der Waals surface area (Å²) in [4.78, 5) is 37.8. The molecule has 2 N–H and O–H groups in total. The highest BCUT2D eigenvalue weighted by Crippen LogP contribution is 2.32. The predicted molar refractivity (Wildman–Crippen MR) is 175 cm³/mol. The van der Waals surface area contributed by atoms with Gasteiger partial charge < -0.3 is 24.8 Å². The van der Waals surface area contributed by atoms with E-state index in [2.05, 4.69) is 20.8 Å². The summed E-state index contributed by atoms with van der Waals surface area (Å²) < 4.78 is 43.4. The van der Waals surface area contributed by atoms with Gasteiger partial charge in [0.15, 0.2) is 11.0 Å². The van der Waals surface area contributed by atoms with E-state index in [0.29, 0.717) is 39.4 Å². The Morgan fingerprint density at radius 2 is 1.60 bits per heavy atom. The van der Waals surface area contributed by atoms with Gasteiger partial charge in [-0.15, -0.1) is 10.2 Å². The van der Waals surface area contributed by atoms with Gasteiger partial charge in [0.05, 0.1) is 49.3 Å². The minimum Gasteiger partial charge on any atom is -0.497 e. The molecule has 4 rings (SSSR count). The fraction of sp³-hybridized carbons (Fsp3) is 0.258. The Labute approximate surface area is 276 Å². The third kappa shape index (κ3) is 8.46. The SMILES string of the molecule is CCOC(=O)c1ccc(NC(=O)CSc2nnc(CNC(=O)c3ccc(S(=O)(=O)N(C)C)cc3)n2-c2ccc(OC)cc2OC)cc1. The summed E-state index contributed by atoms with van der Waals surface area (Å²) in [6, 6.07) is 17.1. The van der Waals surface area contributed by atoms with Crippen LogP contribution in [-0.2, 0) is 26.1 Å². The number of carbonyl (C=O) groups excluding carboxylic acids is 3. The van der Waals surface area contributed by atoms with Crippen LogP contribution in [0, 0.1) is 0 Å². The van der Waals surface area contributed by atoms with Gasteiger partial charge in [0.25, 0.3) is 5.91 Å². The molecule has 16 heteroatoms. The van der Waals surface area contributed by atoms with Crippen LogP contribution in [0.2, 0.25) is 0 Å². The monoisotopic (exact) mass is 682 g/mol. The quantitative estimate of drug-likeness (QED) is 0.148. The zero-order valence-electron chi connectivity index (χ0n) is 26.3. The summed E-state index contributed by atoms with van der Waals surface area (Å²) >= 11 is 1.11. The molecule has 0 spiro atoms. The number of sulfonamides is 1. The maximum atomic E-state index is 13.0. The number of hydrogen-bond donors (Lipinski definition) is 2. The lowest BCUT2D eigenvalue weighted by atomic mass is 10.2. The van der Waals surface area contributed by atoms with E-state index in [4.69, 9.17) is 14.2 Å². The molecular weight excluding hydrogens is 649 g/mol. The summed E-state index contributed by atoms with van der Waals surface area (Å²) in [7, 11) is 2.24. The van der Waals surface area contributed by atoms with Gasteiger partial charge in [0, 0.05) is 31.4 Å². The summed E-state index contributed by atoms with van der Waals surface area (Å²) in [5, 5.41) is 14.5. The standard InChI is InChI=1S/C31H34N6O8S2/c1-6-45-30(40)21-7-11-22(12-8-21)33-28(38)19-46-31-35-34-27(37(31)25-16-13-23(43-4)17-26(25)44-5)18-32-29(39)20-9-14-24(15-10-20)47(41,42)36(2)3/h7-17H,6,18-19H2,1-5H3,(H,32,39)(H,33,38). The van der Waals surface area contributed by atoms with Crippen LogP contribution < -0.4 is 20.1 Å². The van der Waals surface area contributed by atoms with Gasteiger partial charge in [-0.05, 0) is 67.6 Å². The van der Waals surface area contributed by atoms with E-state index >= 15 is 0 Å². The Bertz CT molecular complexity index is 1840. The lowest BCUT2D eigenvalue weighted by Crippen LogP contribution is -2.25. The summed E-state index contributed by atoms with van der Waals surface area (Å²) in [5.74, 6) is 0.0475. The number of esters is 1. The van der Waals surface area contributed by atoms with Crippen molar-refractivity contribution in [2.45, 2.75) is 23.5 Å². The molecule has 1 heterocycles. The first-order chi connectivity index (χ1) is 22.5. The van der Waals surface area contributed by atoms with Crippen LogP contribution >= 0.6 is 11.8 Å². The minimum atomic E-state index is -3.64. The minimum absolute atomic E-state index is 0.0369. The largest absolute Gasteiger partial charge is 0.497 e. The molecule has 0 aliphatic carbocycles. The molecule has 2 amide bonds. The van der Waals surface area contributed by atoms with Gasteiger partial charge in [-0.3, -0.25) is 14.2 Å². The van der Waals surface area contributed by atoms with Crippen molar-refractivity contribution >= 4 is 45.3 Å². The number of benzene rings is 3. The third-order valence-corrected chi connectivity index (χ3v) is 9.40. The third-order valence-electron chi connectivity index (χ3n) is 6.64. The van der Waals surface area contributed by atoms with Crippen molar-refractivity contribution in [1.82, 2.24) is 24.4 Å². The lowest BCUT2D eigenvalue weighted by molar-refractivity contribution is -0.113. The zero-order chi connectivity index (χ0) is 34.1. The molecule has 14 nitrogen and oxygen atoms in total. The number of anilines is 1. The molecule has 0 atom stereocenters. The van der Waals surface area contributed by atoms with Crippen molar-refractivity contribution in [1.29, 1.82) is 0 Å². The Morgan fingerprint density at radius 1 is 0.915 bits per heavy atom. The number of ether oxygens (including phenoxy) is 3. The van der Waals surface area contributed by atoms with E-state index in [1.807, 2.05) is 0 Å². The van der Waals surface area contributed by atoms with E-state index < -0.39 is 21.9 Å². The predicted octanol–water partition coefficient (Wildman–Crippen LogP) is 3.37. The molecule has 47 heavy (non-hydrogen) atoms. The maximum Gasteiger partial charge on any atom is 0.338 e. The molecule has 1 aromatic heterocycles. The van der Waals surface area contributed by atoms with Crippen molar-refractivity contribution in [2.75, 3.05) is 46.0 Å². The van der Waals surface area contributed by atoms with Gasteiger partial charge in [-0.1, -0.05) is 11.8 Å². The van der Waals surface area contributed by atoms with Crippen LogP contribution in [0.25, 0.3) is 5.69 Å². The van der Waals surface area contributed by atoms with Crippen molar-refractivity contribution < 1.29 is 37.0 Å². The average molecular weight is 683 g/mol. The highest BCUT2D eigenvalue weighted by Gasteiger charge is 2.21. The Hall–Kier alpha value is -4.93. The van der Waals surface area contributed by atoms with Gasteiger partial charge in [0.1, 0.15) is 11.5 Å². The lowest BCUT2D eigenvalue weighted by Gasteiger charge is -2.15. The number of aromatic nitrogens is 3. The molecule has 0 aliphatic heterocycles. The molecule has 0 saturated carbocycles. The first kappa shape index (κ1) is 34.9. The zero-order valence-corrected chi connectivity index (χ0v) is 28.0. The van der Waals surface area contributed by atoms with Gasteiger partial charge in [-0.25, -0.2) is 17.5 Å². The number of nitrogens with one attached hydrogen (secondary N) is 2. The fourth-order valence-electron chi connectivity index (χ4n) is 4.20. The van der Waals surface area contributed by atoms with Gasteiger partial charge in [0.2, 0.25) is 15.9 Å². The topological polar surface area (TPSA) is 171 Å². The average Bonchev–Trinajstić information content (AvgIpc) is 3.48. The molecule has 248 valence electrons. The Morgan fingerprint density at radius 3 is 2.21 bits per heavy atom. The number of methoxy groups -OCH3 is 2. The van der Waals surface area contributed by atoms with Crippen molar-refractivity contribution in [3.8, 4) is 17.2 Å². The van der Waals surface area contributed by atoms with Crippen LogP contribution in [-0.4, -0.2) is 85.9 Å². The Kier molecular flexibility index (Phi) is 11.6. The molecule has 0 unspecified atom stereocenters. The number of hydrogen-bond acceptors (Lipinski definition) is 11. The van der Waals surface area contributed by atoms with Crippen LogP contribution in [0.15, 0.2) is 76.8 Å². The highest BCUT2D eigenvalue weighted by molar-refractivity contribution is 7.99. The number of carbonyl (C=O) groups is 3. The van der Waals surface area contributed by atoms with Crippen LogP contribution in [0.4, 0.5) is 5.69 Å². The smallest absolute Gasteiger partial charge is 0.338 e. The molecule has 3 aromatic carbocycles. The van der Waals surface area contributed by atoms with E-state index in [-0.39, 0.29) is 35.3 Å². The first-order valence-corrected chi connectivity index (χ1v) is 16.6. The van der Waals surface area contributed by atoms with Gasteiger partial charge in [-0.2, -0.15) is 0 Å². The van der Waals surface area contributed by atoms with Gasteiger partial charge >= 0.3 is 5.97 Å². The number of thioether (sulfide) groups is 1. The second kappa shape index (κ2) is 15.6. The van der Waals surface area contributed by atoms with Crippen LogP contribution in [0.3, 0.4) is 0 Å². The number of nitrogens with zero attached hydrogens (tertiary/aromatic N) is 4. The van der Waals surface area contributed by atoms with Crippen LogP contribution in [0.5, 0.6) is 11.5 Å². The number of amides is 2. The Balaban J connectivity index is 1.52. The second-order valence-corrected chi connectivity index (χ2v) is 13.0. The molecule has 0 fully saturated rings. The molecule has 4 aromatic rings. The summed E-state index contributed by atoms with van der Waals surface area (Å²) in [6.45, 7) is 1.92. The van der Waals surface area contributed by atoms with Crippen molar-refractivity contribution in [3.63, 3.8) is 0 Å². The fourth-order valence-corrected chi connectivity index (χ4v) is 5.87. The normalized spacial score (nSPS) is 11.2. The van der Waals surface area contributed by atoms with E-state index in [9.17, 15) is 22.8 Å².